The predicted molar refractivity (Wildman–Crippen MR) is 170 cm³/mol. The number of aromatic nitrogens is 5. The Balaban J connectivity index is 0.000000465. The third kappa shape index (κ3) is 6.20. The van der Waals surface area contributed by atoms with Gasteiger partial charge in [0.1, 0.15) is 41.3 Å². The maximum Gasteiger partial charge on any atom is 0.418 e. The summed E-state index contributed by atoms with van der Waals surface area (Å²) in [5.41, 5.74) is 2.32. The summed E-state index contributed by atoms with van der Waals surface area (Å²) in [6.07, 6.45) is 2.54. The smallest absolute Gasteiger partial charge is 0.418 e. The Morgan fingerprint density at radius 3 is 2.50 bits per heavy atom. The van der Waals surface area contributed by atoms with Crippen molar-refractivity contribution in [1.29, 1.82) is 0 Å². The van der Waals surface area contributed by atoms with Gasteiger partial charge in [0.2, 0.25) is 0 Å². The van der Waals surface area contributed by atoms with Gasteiger partial charge < -0.3 is 20.7 Å². The molecule has 4 aromatic heterocycles. The molecule has 0 saturated carbocycles. The molecule has 0 spiro atoms. The van der Waals surface area contributed by atoms with Crippen molar-refractivity contribution in [2.45, 2.75) is 69.0 Å². The highest BCUT2D eigenvalue weighted by Gasteiger charge is 2.49. The van der Waals surface area contributed by atoms with Crippen LogP contribution in [0.2, 0.25) is 0 Å². The SMILES string of the molecule is Cc1ccnc(-c2ncc3c(N4C[C@H]5CC[C@@H](C4)N5)nc(OC[C@@]45CCCN4C[C@H](F)C5)nc3c2F)c1C(F)(F)F.Nc1ccccn1. The van der Waals surface area contributed by atoms with Crippen molar-refractivity contribution in [1.82, 2.24) is 35.1 Å². The molecule has 0 radical (unpaired) electrons. The van der Waals surface area contributed by atoms with Gasteiger partial charge in [-0.1, -0.05) is 6.07 Å². The maximum absolute atomic E-state index is 16.2. The van der Waals surface area contributed by atoms with Crippen LogP contribution in [0.15, 0.2) is 42.9 Å². The third-order valence-corrected chi connectivity index (χ3v) is 9.75. The number of hydrogen-bond donors (Lipinski definition) is 2. The summed E-state index contributed by atoms with van der Waals surface area (Å²) in [5, 5.41) is 3.83. The molecular formula is C33H36F5N9O. The summed E-state index contributed by atoms with van der Waals surface area (Å²) in [6, 6.07) is 7.06. The van der Waals surface area contributed by atoms with Crippen LogP contribution in [-0.4, -0.2) is 86.4 Å². The Morgan fingerprint density at radius 2 is 1.81 bits per heavy atom. The van der Waals surface area contributed by atoms with Crippen molar-refractivity contribution < 1.29 is 26.7 Å². The fourth-order valence-corrected chi connectivity index (χ4v) is 7.58. The number of hydrogen-bond acceptors (Lipinski definition) is 10. The van der Waals surface area contributed by atoms with Gasteiger partial charge in [-0.2, -0.15) is 23.1 Å². The van der Waals surface area contributed by atoms with Gasteiger partial charge in [-0.3, -0.25) is 14.9 Å². The second kappa shape index (κ2) is 12.7. The van der Waals surface area contributed by atoms with Gasteiger partial charge in [-0.05, 0) is 62.9 Å². The number of nitrogens with two attached hydrogens (primary N) is 1. The van der Waals surface area contributed by atoms with E-state index in [1.165, 1.54) is 25.4 Å². The number of pyridine rings is 3. The molecule has 4 fully saturated rings. The van der Waals surface area contributed by atoms with Gasteiger partial charge >= 0.3 is 12.2 Å². The molecule has 4 atom stereocenters. The quantitative estimate of drug-likeness (QED) is 0.278. The number of halogens is 5. The van der Waals surface area contributed by atoms with Crippen molar-refractivity contribution in [3.05, 3.63) is 59.8 Å². The van der Waals surface area contributed by atoms with Crippen LogP contribution in [0.3, 0.4) is 0 Å². The monoisotopic (exact) mass is 669 g/mol. The minimum absolute atomic E-state index is 0.0874. The van der Waals surface area contributed by atoms with E-state index in [1.54, 1.807) is 12.3 Å². The topological polar surface area (TPSA) is 118 Å². The van der Waals surface area contributed by atoms with Crippen molar-refractivity contribution in [3.8, 4) is 17.4 Å². The predicted octanol–water partition coefficient (Wildman–Crippen LogP) is 5.11. The average molecular weight is 670 g/mol. The molecule has 8 rings (SSSR count). The number of nitrogens with zero attached hydrogens (tertiary/aromatic N) is 7. The Kier molecular flexibility index (Phi) is 8.52. The highest BCUT2D eigenvalue weighted by atomic mass is 19.4. The van der Waals surface area contributed by atoms with Crippen molar-refractivity contribution in [2.75, 3.05) is 43.4 Å². The van der Waals surface area contributed by atoms with Crippen LogP contribution >= 0.6 is 0 Å². The molecule has 3 N–H and O–H groups in total. The first kappa shape index (κ1) is 32.3. The Labute approximate surface area is 273 Å². The lowest BCUT2D eigenvalue weighted by atomic mass is 9.95. The van der Waals surface area contributed by atoms with Crippen LogP contribution in [-0.2, 0) is 6.18 Å². The molecule has 254 valence electrons. The molecule has 2 bridgehead atoms. The zero-order valence-electron chi connectivity index (χ0n) is 26.4. The van der Waals surface area contributed by atoms with Crippen LogP contribution in [0.25, 0.3) is 22.3 Å². The van der Waals surface area contributed by atoms with Crippen LogP contribution in [0.4, 0.5) is 33.6 Å². The number of rotatable bonds is 5. The average Bonchev–Trinajstić information content (AvgIpc) is 3.70. The number of alkyl halides is 4. The summed E-state index contributed by atoms with van der Waals surface area (Å²) in [7, 11) is 0. The second-order valence-electron chi connectivity index (χ2n) is 13.0. The van der Waals surface area contributed by atoms with Crippen molar-refractivity contribution in [2.24, 2.45) is 0 Å². The molecule has 0 unspecified atom stereocenters. The van der Waals surface area contributed by atoms with Gasteiger partial charge in [-0.15, -0.1) is 0 Å². The Hall–Kier alpha value is -4.24. The summed E-state index contributed by atoms with van der Waals surface area (Å²) >= 11 is 0. The molecule has 8 heterocycles. The molecule has 48 heavy (non-hydrogen) atoms. The van der Waals surface area contributed by atoms with Crippen LogP contribution < -0.4 is 20.7 Å². The van der Waals surface area contributed by atoms with Crippen molar-refractivity contribution >= 4 is 22.5 Å². The molecular weight excluding hydrogens is 633 g/mol. The van der Waals surface area contributed by atoms with E-state index in [9.17, 15) is 17.6 Å². The highest BCUT2D eigenvalue weighted by molar-refractivity contribution is 5.92. The molecule has 4 aliphatic heterocycles. The number of ether oxygens (including phenoxy) is 1. The first-order valence-corrected chi connectivity index (χ1v) is 16.1. The fourth-order valence-electron chi connectivity index (χ4n) is 7.58. The lowest BCUT2D eigenvalue weighted by Gasteiger charge is -2.34. The first-order valence-electron chi connectivity index (χ1n) is 16.1. The molecule has 0 amide bonds. The normalized spacial score (nSPS) is 25.2. The molecule has 4 aliphatic rings. The van der Waals surface area contributed by atoms with E-state index in [-0.39, 0.29) is 41.2 Å². The van der Waals surface area contributed by atoms with E-state index >= 15 is 4.39 Å². The van der Waals surface area contributed by atoms with E-state index in [2.05, 4.69) is 35.1 Å². The zero-order valence-corrected chi connectivity index (χ0v) is 26.4. The minimum atomic E-state index is -4.76. The van der Waals surface area contributed by atoms with E-state index in [4.69, 9.17) is 10.5 Å². The van der Waals surface area contributed by atoms with Gasteiger partial charge in [-0.25, -0.2) is 13.8 Å². The number of nitrogen functional groups attached to an aromatic ring is 1. The molecule has 0 aliphatic carbocycles. The molecule has 4 saturated heterocycles. The van der Waals surface area contributed by atoms with Crippen LogP contribution in [0.1, 0.15) is 43.2 Å². The maximum atomic E-state index is 16.2. The van der Waals surface area contributed by atoms with E-state index in [1.807, 2.05) is 17.0 Å². The Morgan fingerprint density at radius 1 is 1.02 bits per heavy atom. The Bertz CT molecular complexity index is 1780. The van der Waals surface area contributed by atoms with Gasteiger partial charge in [0.25, 0.3) is 0 Å². The van der Waals surface area contributed by atoms with Crippen LogP contribution in [0, 0.1) is 12.7 Å². The summed E-state index contributed by atoms with van der Waals surface area (Å²) in [6.45, 7) is 3.84. The van der Waals surface area contributed by atoms with Crippen LogP contribution in [0.5, 0.6) is 6.01 Å². The first-order chi connectivity index (χ1) is 23.0. The number of nitrogens with one attached hydrogen (secondary N) is 1. The number of anilines is 2. The number of fused-ring (bicyclic) bond motifs is 4. The highest BCUT2D eigenvalue weighted by Crippen LogP contribution is 2.42. The molecule has 4 aromatic rings. The zero-order chi connectivity index (χ0) is 33.6. The van der Waals surface area contributed by atoms with Gasteiger partial charge in [0, 0.05) is 56.7 Å². The van der Waals surface area contributed by atoms with E-state index in [0.29, 0.717) is 37.7 Å². The van der Waals surface area contributed by atoms with Crippen molar-refractivity contribution in [3.63, 3.8) is 0 Å². The van der Waals surface area contributed by atoms with Gasteiger partial charge in [0.05, 0.1) is 16.5 Å². The van der Waals surface area contributed by atoms with Gasteiger partial charge in [0.15, 0.2) is 5.82 Å². The van der Waals surface area contributed by atoms with E-state index in [0.717, 1.165) is 32.2 Å². The standard InChI is InChI=1S/C28H30F5N7O.C5H6N2/c1-15-5-7-34-23(20(15)28(31,32)33)24-21(30)22-19(10-35-24)25(39-12-17-3-4-18(13-39)36-17)38-26(37-22)41-14-27-6-2-8-40(27)11-16(29)9-27;6-5-3-1-2-4-7-5/h5,7,10,16-18,36H,2-4,6,8-9,11-14H2,1H3;1-4H,(H2,6,7)/t16-,17-,18+,27+;/m1./s1. The van der Waals surface area contributed by atoms with E-state index < -0.39 is 40.7 Å². The summed E-state index contributed by atoms with van der Waals surface area (Å²) < 4.78 is 78.7. The largest absolute Gasteiger partial charge is 0.461 e. The lowest BCUT2D eigenvalue weighted by Crippen LogP contribution is -2.51. The third-order valence-electron chi connectivity index (χ3n) is 9.75. The fraction of sp³-hybridized carbons (Fsp3) is 0.485. The second-order valence-corrected chi connectivity index (χ2v) is 13.0. The summed E-state index contributed by atoms with van der Waals surface area (Å²) in [4.78, 5) is 25.0. The minimum Gasteiger partial charge on any atom is -0.461 e. The molecule has 15 heteroatoms. The molecule has 0 aromatic carbocycles. The summed E-state index contributed by atoms with van der Waals surface area (Å²) in [5.74, 6) is -0.0317. The lowest BCUT2D eigenvalue weighted by molar-refractivity contribution is -0.137. The number of aryl methyl sites for hydroxylation is 1. The molecule has 10 nitrogen and oxygen atoms in total. The number of piperazine rings is 1.